The third-order valence-corrected chi connectivity index (χ3v) is 6.60. The number of aromatic nitrogens is 3. The van der Waals surface area contributed by atoms with E-state index in [9.17, 15) is 0 Å². The molecule has 0 unspecified atom stereocenters. The van der Waals surface area contributed by atoms with Crippen LogP contribution >= 0.6 is 15.9 Å². The number of likely N-dealkylation sites (N-methyl/N-ethyl adjacent to an activating group) is 1. The maximum Gasteiger partial charge on any atom is 0.0938 e. The molecule has 1 fully saturated rings. The number of aromatic amines is 2. The second-order valence-electron chi connectivity index (χ2n) is 8.17. The summed E-state index contributed by atoms with van der Waals surface area (Å²) in [4.78, 5) is 8.13. The van der Waals surface area contributed by atoms with Crippen molar-refractivity contribution in [3.63, 3.8) is 0 Å². The normalized spacial score (nSPS) is 15.7. The molecule has 0 radical (unpaired) electrons. The van der Waals surface area contributed by atoms with E-state index in [4.69, 9.17) is 0 Å². The number of anilines is 1. The summed E-state index contributed by atoms with van der Waals surface area (Å²) in [5.41, 5.74) is 6.58. The maximum absolute atomic E-state index is 4.54. The smallest absolute Gasteiger partial charge is 0.0938 e. The zero-order chi connectivity index (χ0) is 21.2. The highest BCUT2D eigenvalue weighted by Gasteiger charge is 2.15. The molecule has 0 bridgehead atoms. The van der Waals surface area contributed by atoms with Gasteiger partial charge in [-0.25, -0.2) is 0 Å². The van der Waals surface area contributed by atoms with Gasteiger partial charge in [-0.2, -0.15) is 5.10 Å². The van der Waals surface area contributed by atoms with Crippen LogP contribution in [0.1, 0.15) is 17.7 Å². The van der Waals surface area contributed by atoms with E-state index in [0.717, 1.165) is 58.7 Å². The number of fused-ring (bicyclic) bond motifs is 1. The van der Waals surface area contributed by atoms with Crippen molar-refractivity contribution in [2.45, 2.75) is 6.42 Å². The Morgan fingerprint density at radius 2 is 1.90 bits per heavy atom. The van der Waals surface area contributed by atoms with Crippen LogP contribution in [-0.4, -0.2) is 53.3 Å². The SMILES string of the molecule is CN1CCCN(c2ccc(-c3cc(/C=C/c4ccc5cc[nH]c5c4)[nH]n3)c(Br)c2)CC1. The van der Waals surface area contributed by atoms with E-state index >= 15 is 0 Å². The summed E-state index contributed by atoms with van der Waals surface area (Å²) in [7, 11) is 2.20. The predicted octanol–water partition coefficient (Wildman–Crippen LogP) is 5.63. The number of H-pyrrole nitrogens is 2. The fourth-order valence-electron chi connectivity index (χ4n) is 4.13. The molecule has 1 aliphatic rings. The average Bonchev–Trinajstić information content (AvgIpc) is 3.38. The van der Waals surface area contributed by atoms with E-state index in [0.29, 0.717) is 0 Å². The van der Waals surface area contributed by atoms with Crippen LogP contribution in [0.4, 0.5) is 5.69 Å². The Morgan fingerprint density at radius 3 is 2.81 bits per heavy atom. The molecule has 0 saturated carbocycles. The number of hydrogen-bond donors (Lipinski definition) is 2. The van der Waals surface area contributed by atoms with E-state index in [1.165, 1.54) is 17.5 Å². The topological polar surface area (TPSA) is 51.0 Å². The van der Waals surface area contributed by atoms with Crippen molar-refractivity contribution in [2.75, 3.05) is 38.1 Å². The molecule has 2 aromatic heterocycles. The monoisotopic (exact) mass is 475 g/mol. The van der Waals surface area contributed by atoms with Gasteiger partial charge in [-0.1, -0.05) is 34.1 Å². The summed E-state index contributed by atoms with van der Waals surface area (Å²) < 4.78 is 1.07. The Hall–Kier alpha value is -2.83. The molecule has 0 atom stereocenters. The highest BCUT2D eigenvalue weighted by atomic mass is 79.9. The lowest BCUT2D eigenvalue weighted by Gasteiger charge is -2.23. The molecule has 4 aromatic rings. The molecule has 2 aromatic carbocycles. The molecule has 0 amide bonds. The van der Waals surface area contributed by atoms with Crippen LogP contribution in [0.5, 0.6) is 0 Å². The third-order valence-electron chi connectivity index (χ3n) is 5.95. The average molecular weight is 476 g/mol. The van der Waals surface area contributed by atoms with Crippen molar-refractivity contribution in [3.05, 3.63) is 70.5 Å². The van der Waals surface area contributed by atoms with Crippen LogP contribution in [0.25, 0.3) is 34.3 Å². The third kappa shape index (κ3) is 4.45. The van der Waals surface area contributed by atoms with E-state index in [1.54, 1.807) is 0 Å². The van der Waals surface area contributed by atoms with Crippen LogP contribution in [0.3, 0.4) is 0 Å². The van der Waals surface area contributed by atoms with Gasteiger partial charge >= 0.3 is 0 Å². The van der Waals surface area contributed by atoms with Crippen molar-refractivity contribution in [2.24, 2.45) is 0 Å². The second-order valence-corrected chi connectivity index (χ2v) is 9.03. The number of halogens is 1. The molecule has 1 saturated heterocycles. The molecule has 0 aliphatic carbocycles. The molecule has 5 rings (SSSR count). The van der Waals surface area contributed by atoms with Gasteiger partial charge in [-0.15, -0.1) is 0 Å². The van der Waals surface area contributed by atoms with Gasteiger partial charge in [0.05, 0.1) is 11.4 Å². The maximum atomic E-state index is 4.54. The van der Waals surface area contributed by atoms with E-state index in [2.05, 4.69) is 109 Å². The lowest BCUT2D eigenvalue weighted by molar-refractivity contribution is 0.360. The van der Waals surface area contributed by atoms with Gasteiger partial charge < -0.3 is 14.8 Å². The van der Waals surface area contributed by atoms with Gasteiger partial charge in [0.15, 0.2) is 0 Å². The Balaban J connectivity index is 1.33. The van der Waals surface area contributed by atoms with Gasteiger partial charge in [0, 0.05) is 47.1 Å². The largest absolute Gasteiger partial charge is 0.370 e. The lowest BCUT2D eigenvalue weighted by Crippen LogP contribution is -2.28. The molecule has 1 aliphatic heterocycles. The van der Waals surface area contributed by atoms with Crippen molar-refractivity contribution >= 4 is 44.7 Å². The lowest BCUT2D eigenvalue weighted by atomic mass is 10.1. The highest BCUT2D eigenvalue weighted by molar-refractivity contribution is 9.10. The summed E-state index contributed by atoms with van der Waals surface area (Å²) in [6.45, 7) is 4.43. The molecule has 6 heteroatoms. The first kappa shape index (κ1) is 20.1. The van der Waals surface area contributed by atoms with E-state index in [-0.39, 0.29) is 0 Å². The summed E-state index contributed by atoms with van der Waals surface area (Å²) in [5, 5.41) is 8.90. The highest BCUT2D eigenvalue weighted by Crippen LogP contribution is 2.32. The zero-order valence-electron chi connectivity index (χ0n) is 17.6. The van der Waals surface area contributed by atoms with Crippen molar-refractivity contribution < 1.29 is 0 Å². The van der Waals surface area contributed by atoms with Gasteiger partial charge in [-0.05, 0) is 73.4 Å². The van der Waals surface area contributed by atoms with Gasteiger partial charge in [0.25, 0.3) is 0 Å². The van der Waals surface area contributed by atoms with Crippen molar-refractivity contribution in [1.29, 1.82) is 0 Å². The van der Waals surface area contributed by atoms with Crippen LogP contribution in [0.2, 0.25) is 0 Å². The Kier molecular flexibility index (Phi) is 5.66. The Bertz CT molecular complexity index is 1220. The number of hydrogen-bond acceptors (Lipinski definition) is 3. The van der Waals surface area contributed by atoms with Gasteiger partial charge in [-0.3, -0.25) is 5.10 Å². The van der Waals surface area contributed by atoms with Gasteiger partial charge in [0.1, 0.15) is 0 Å². The standard InChI is InChI=1S/C25H26BrN5/c1-30-11-2-12-31(14-13-30)21-7-8-22(23(26)17-21)25-16-20(28-29-25)6-4-18-3-5-19-9-10-27-24(19)15-18/h3-10,15-17,27H,2,11-14H2,1H3,(H,28,29)/b6-4+. The molecule has 31 heavy (non-hydrogen) atoms. The molecule has 3 heterocycles. The Morgan fingerprint density at radius 1 is 0.968 bits per heavy atom. The molecule has 2 N–H and O–H groups in total. The van der Waals surface area contributed by atoms with Crippen LogP contribution in [-0.2, 0) is 0 Å². The minimum atomic E-state index is 0.938. The molecule has 0 spiro atoms. The summed E-state index contributed by atoms with van der Waals surface area (Å²) in [6, 6.07) is 17.2. The minimum Gasteiger partial charge on any atom is -0.370 e. The Labute approximate surface area is 190 Å². The quantitative estimate of drug-likeness (QED) is 0.401. The first-order valence-corrected chi connectivity index (χ1v) is 11.5. The van der Waals surface area contributed by atoms with Crippen LogP contribution < -0.4 is 4.90 Å². The second kappa shape index (κ2) is 8.73. The first-order chi connectivity index (χ1) is 15.2. The summed E-state index contributed by atoms with van der Waals surface area (Å²) >= 11 is 3.77. The summed E-state index contributed by atoms with van der Waals surface area (Å²) in [6.07, 6.45) is 7.33. The van der Waals surface area contributed by atoms with Crippen molar-refractivity contribution in [3.8, 4) is 11.3 Å². The van der Waals surface area contributed by atoms with E-state index < -0.39 is 0 Å². The fraction of sp³-hybridized carbons (Fsp3) is 0.240. The predicted molar refractivity (Wildman–Crippen MR) is 133 cm³/mol. The fourth-order valence-corrected chi connectivity index (χ4v) is 4.70. The number of rotatable bonds is 4. The minimum absolute atomic E-state index is 0.938. The first-order valence-electron chi connectivity index (χ1n) is 10.7. The van der Waals surface area contributed by atoms with Gasteiger partial charge in [0.2, 0.25) is 0 Å². The molecular formula is C25H26BrN5. The molecule has 5 nitrogen and oxygen atoms in total. The molecular weight excluding hydrogens is 450 g/mol. The van der Waals surface area contributed by atoms with Crippen LogP contribution in [0.15, 0.2) is 59.2 Å². The van der Waals surface area contributed by atoms with Crippen LogP contribution in [0, 0.1) is 0 Å². The number of nitrogens with one attached hydrogen (secondary N) is 2. The summed E-state index contributed by atoms with van der Waals surface area (Å²) in [5.74, 6) is 0. The van der Waals surface area contributed by atoms with E-state index in [1.807, 2.05) is 6.20 Å². The number of benzene rings is 2. The zero-order valence-corrected chi connectivity index (χ0v) is 19.2. The number of nitrogens with zero attached hydrogens (tertiary/aromatic N) is 3. The molecule has 158 valence electrons. The van der Waals surface area contributed by atoms with Crippen molar-refractivity contribution in [1.82, 2.24) is 20.1 Å².